The number of carbonyl (C=O) groups excluding carboxylic acids is 1. The minimum atomic E-state index is -0.0364. The van der Waals surface area contributed by atoms with E-state index < -0.39 is 0 Å². The molecule has 0 spiro atoms. The maximum absolute atomic E-state index is 13.8. The molecule has 2 heterocycles. The Hall–Kier alpha value is -2.92. The van der Waals surface area contributed by atoms with Crippen LogP contribution in [0.1, 0.15) is 44.1 Å². The first-order valence-electron chi connectivity index (χ1n) is 13.8. The molecule has 1 aromatic heterocycles. The largest absolute Gasteiger partial charge is 0.382 e. The molecule has 4 fully saturated rings. The Morgan fingerprint density at radius 3 is 2.67 bits per heavy atom. The van der Waals surface area contributed by atoms with E-state index in [2.05, 4.69) is 51.6 Å². The van der Waals surface area contributed by atoms with E-state index in [9.17, 15) is 9.59 Å². The second-order valence-electron chi connectivity index (χ2n) is 12.0. The van der Waals surface area contributed by atoms with Gasteiger partial charge >= 0.3 is 0 Å². The first-order chi connectivity index (χ1) is 17.6. The van der Waals surface area contributed by atoms with Gasteiger partial charge in [0.2, 0.25) is 0 Å². The van der Waals surface area contributed by atoms with Gasteiger partial charge in [0.15, 0.2) is 0 Å². The van der Waals surface area contributed by atoms with Crippen LogP contribution in [-0.2, 0) is 11.3 Å². The van der Waals surface area contributed by atoms with Crippen molar-refractivity contribution in [1.29, 1.82) is 0 Å². The first-order valence-corrected chi connectivity index (χ1v) is 13.8. The number of benzene rings is 2. The van der Waals surface area contributed by atoms with Crippen molar-refractivity contribution in [1.82, 2.24) is 9.88 Å². The van der Waals surface area contributed by atoms with Crippen molar-refractivity contribution in [3.63, 3.8) is 0 Å². The Labute approximate surface area is 212 Å². The van der Waals surface area contributed by atoms with Crippen molar-refractivity contribution in [2.75, 3.05) is 18.4 Å². The Balaban J connectivity index is 0.984. The molecule has 186 valence electrons. The summed E-state index contributed by atoms with van der Waals surface area (Å²) in [6, 6.07) is 19.1. The van der Waals surface area contributed by atoms with Crippen LogP contribution in [0, 0.1) is 29.1 Å². The number of Topliss-reactive ketones (excluding diaryl/α,β-unsaturated/α-hetero) is 1. The fraction of sp³-hybridized carbons (Fsp3) is 0.484. The minimum Gasteiger partial charge on any atom is -0.382 e. The van der Waals surface area contributed by atoms with Crippen LogP contribution in [0.15, 0.2) is 65.6 Å². The predicted octanol–water partition coefficient (Wildman–Crippen LogP) is 5.23. The number of rotatable bonds is 6. The van der Waals surface area contributed by atoms with Gasteiger partial charge in [0.05, 0.1) is 0 Å². The van der Waals surface area contributed by atoms with Crippen LogP contribution in [-0.4, -0.2) is 34.8 Å². The third kappa shape index (κ3) is 3.62. The lowest BCUT2D eigenvalue weighted by molar-refractivity contribution is -0.213. The molecular weight excluding hydrogens is 446 g/mol. The summed E-state index contributed by atoms with van der Waals surface area (Å²) in [6.45, 7) is 3.01. The lowest BCUT2D eigenvalue weighted by Gasteiger charge is -2.70. The number of aromatic amines is 1. The Morgan fingerprint density at radius 1 is 1.06 bits per heavy atom. The highest BCUT2D eigenvalue weighted by Crippen LogP contribution is 2.72. The van der Waals surface area contributed by atoms with Gasteiger partial charge in [-0.15, -0.1) is 0 Å². The zero-order valence-electron chi connectivity index (χ0n) is 20.8. The molecule has 0 amide bonds. The normalized spacial score (nSPS) is 33.3. The highest BCUT2D eigenvalue weighted by Gasteiger charge is 2.70. The summed E-state index contributed by atoms with van der Waals surface area (Å²) in [4.78, 5) is 31.1. The van der Waals surface area contributed by atoms with Gasteiger partial charge in [-0.05, 0) is 98.0 Å². The van der Waals surface area contributed by atoms with Gasteiger partial charge < -0.3 is 10.3 Å². The van der Waals surface area contributed by atoms with Crippen molar-refractivity contribution in [2.24, 2.45) is 29.1 Å². The van der Waals surface area contributed by atoms with E-state index >= 15 is 0 Å². The van der Waals surface area contributed by atoms with Crippen LogP contribution in [0.5, 0.6) is 0 Å². The summed E-state index contributed by atoms with van der Waals surface area (Å²) in [7, 11) is 0. The number of anilines is 1. The number of ketones is 1. The summed E-state index contributed by atoms with van der Waals surface area (Å²) in [6.07, 6.45) is 8.46. The molecule has 5 nitrogen and oxygen atoms in total. The molecule has 1 aliphatic heterocycles. The van der Waals surface area contributed by atoms with E-state index in [0.717, 1.165) is 74.6 Å². The smallest absolute Gasteiger partial charge is 0.255 e. The molecule has 36 heavy (non-hydrogen) atoms. The first kappa shape index (κ1) is 22.3. The van der Waals surface area contributed by atoms with Gasteiger partial charge in [-0.25, -0.2) is 0 Å². The van der Waals surface area contributed by atoms with Crippen molar-refractivity contribution >= 4 is 22.2 Å². The molecule has 2 N–H and O–H groups in total. The maximum atomic E-state index is 13.8. The van der Waals surface area contributed by atoms with Crippen LogP contribution >= 0.6 is 0 Å². The van der Waals surface area contributed by atoms with Crippen molar-refractivity contribution < 1.29 is 4.79 Å². The van der Waals surface area contributed by atoms with Crippen molar-refractivity contribution in [3.8, 4) is 0 Å². The number of carbonyl (C=O) groups is 1. The summed E-state index contributed by atoms with van der Waals surface area (Å²) in [5, 5.41) is 5.47. The highest BCUT2D eigenvalue weighted by molar-refractivity contribution is 5.90. The van der Waals surface area contributed by atoms with Gasteiger partial charge in [0.1, 0.15) is 5.78 Å². The van der Waals surface area contributed by atoms with E-state index in [-0.39, 0.29) is 16.9 Å². The van der Waals surface area contributed by atoms with Gasteiger partial charge in [-0.1, -0.05) is 30.3 Å². The van der Waals surface area contributed by atoms with E-state index in [1.165, 1.54) is 5.56 Å². The molecular formula is C31H35N3O2. The average molecular weight is 482 g/mol. The Kier molecular flexibility index (Phi) is 5.32. The monoisotopic (exact) mass is 481 g/mol. The summed E-state index contributed by atoms with van der Waals surface area (Å²) in [5.74, 6) is 2.82. The summed E-state index contributed by atoms with van der Waals surface area (Å²) >= 11 is 0. The zero-order valence-corrected chi connectivity index (χ0v) is 20.8. The minimum absolute atomic E-state index is 0.00467. The third-order valence-electron chi connectivity index (χ3n) is 9.84. The molecule has 5 heteroatoms. The standard InChI is InChI=1S/C31H35N3O2/c35-29(22-7-4-12-34(19-22)18-20-5-2-1-3-6-20)31-16-23-14-26(15-24(17-31)28(23)31)33-25-8-9-27-21(13-25)10-11-32-30(27)36/h1-3,5-6,8-11,13,22-24,26,28,33H,4,7,12,14-19H2,(H,32,36)/t22-,23-,24+,26+,28?,31?/m1/s1. The maximum Gasteiger partial charge on any atom is 0.255 e. The molecule has 4 aliphatic rings. The van der Waals surface area contributed by atoms with Gasteiger partial charge in [-0.2, -0.15) is 0 Å². The highest BCUT2D eigenvalue weighted by atomic mass is 16.1. The van der Waals surface area contributed by atoms with Gasteiger partial charge in [0, 0.05) is 47.7 Å². The number of pyridine rings is 1. The van der Waals surface area contributed by atoms with Crippen LogP contribution in [0.3, 0.4) is 0 Å². The number of nitrogens with one attached hydrogen (secondary N) is 2. The summed E-state index contributed by atoms with van der Waals surface area (Å²) < 4.78 is 0. The molecule has 3 aliphatic carbocycles. The van der Waals surface area contributed by atoms with E-state index in [1.54, 1.807) is 6.20 Å². The van der Waals surface area contributed by atoms with Crippen LogP contribution < -0.4 is 10.9 Å². The quantitative estimate of drug-likeness (QED) is 0.506. The lowest BCUT2D eigenvalue weighted by Crippen LogP contribution is -2.69. The molecule has 6 atom stereocenters. The Morgan fingerprint density at radius 2 is 1.86 bits per heavy atom. The second-order valence-corrected chi connectivity index (χ2v) is 12.0. The number of likely N-dealkylation sites (tertiary alicyclic amines) is 1. The van der Waals surface area contributed by atoms with Crippen LogP contribution in [0.2, 0.25) is 0 Å². The molecule has 7 rings (SSSR count). The topological polar surface area (TPSA) is 65.2 Å². The van der Waals surface area contributed by atoms with Gasteiger partial charge in [0.25, 0.3) is 5.56 Å². The number of fused-ring (bicyclic) bond motifs is 1. The number of nitrogens with zero attached hydrogens (tertiary/aromatic N) is 1. The molecule has 0 radical (unpaired) electrons. The van der Waals surface area contributed by atoms with Crippen molar-refractivity contribution in [3.05, 3.63) is 76.7 Å². The Bertz CT molecular complexity index is 1330. The molecule has 3 aromatic rings. The second kappa shape index (κ2) is 8.58. The van der Waals surface area contributed by atoms with E-state index in [0.29, 0.717) is 29.6 Å². The van der Waals surface area contributed by atoms with E-state index in [4.69, 9.17) is 0 Å². The molecule has 2 unspecified atom stereocenters. The fourth-order valence-corrected chi connectivity index (χ4v) is 8.46. The SMILES string of the molecule is O=C([C@@H]1CCCN(Cc2ccccc2)C1)C12C[C@H]3C[C@H](Nc4ccc5c(=O)[nH]ccc5c4)C[C@@H](C1)C32. The molecule has 0 bridgehead atoms. The number of aromatic nitrogens is 1. The van der Waals surface area contributed by atoms with Crippen LogP contribution in [0.4, 0.5) is 5.69 Å². The molecule has 2 aromatic carbocycles. The molecule has 3 saturated carbocycles. The third-order valence-corrected chi connectivity index (χ3v) is 9.84. The number of H-pyrrole nitrogens is 1. The van der Waals surface area contributed by atoms with E-state index in [1.807, 2.05) is 18.2 Å². The van der Waals surface area contributed by atoms with Crippen molar-refractivity contribution in [2.45, 2.75) is 51.1 Å². The molecule has 1 saturated heterocycles. The fourth-order valence-electron chi connectivity index (χ4n) is 8.46. The zero-order chi connectivity index (χ0) is 24.3. The number of hydrogen-bond donors (Lipinski definition) is 2. The lowest BCUT2D eigenvalue weighted by atomic mass is 9.33. The number of hydrogen-bond acceptors (Lipinski definition) is 4. The average Bonchev–Trinajstić information content (AvgIpc) is 2.86. The van der Waals surface area contributed by atoms with Gasteiger partial charge in [-0.3, -0.25) is 14.5 Å². The predicted molar refractivity (Wildman–Crippen MR) is 143 cm³/mol. The summed E-state index contributed by atoms with van der Waals surface area (Å²) in [5.41, 5.74) is 2.41. The number of piperidine rings is 1. The van der Waals surface area contributed by atoms with Crippen LogP contribution in [0.25, 0.3) is 10.8 Å².